The Morgan fingerprint density at radius 3 is 2.75 bits per heavy atom. The molecule has 1 saturated carbocycles. The molecule has 3 nitrogen and oxygen atoms in total. The van der Waals surface area contributed by atoms with Crippen molar-refractivity contribution in [3.63, 3.8) is 0 Å². The van der Waals surface area contributed by atoms with Crippen LogP contribution in [-0.4, -0.2) is 29.1 Å². The molecule has 3 N–H and O–H groups in total. The number of rotatable bonds is 3. The molecule has 2 fully saturated rings. The van der Waals surface area contributed by atoms with Gasteiger partial charge in [0, 0.05) is 23.8 Å². The third-order valence-electron chi connectivity index (χ3n) is 5.12. The Morgan fingerprint density at radius 2 is 1.90 bits per heavy atom. The van der Waals surface area contributed by atoms with Crippen LogP contribution in [-0.2, 0) is 0 Å². The van der Waals surface area contributed by atoms with Crippen molar-refractivity contribution in [3.8, 4) is 0 Å². The van der Waals surface area contributed by atoms with Gasteiger partial charge in [0.1, 0.15) is 0 Å². The van der Waals surface area contributed by atoms with Gasteiger partial charge in [-0.15, -0.1) is 0 Å². The summed E-state index contributed by atoms with van der Waals surface area (Å²) in [5.74, 6) is 0.859. The zero-order valence-corrected chi connectivity index (χ0v) is 12.2. The van der Waals surface area contributed by atoms with E-state index in [1.54, 1.807) is 0 Å². The van der Waals surface area contributed by atoms with Gasteiger partial charge in [0.05, 0.1) is 6.10 Å². The average Bonchev–Trinajstić information content (AvgIpc) is 2.48. The summed E-state index contributed by atoms with van der Waals surface area (Å²) < 4.78 is 0. The fourth-order valence-electron chi connectivity index (χ4n) is 4.09. The van der Waals surface area contributed by atoms with E-state index in [1.165, 1.54) is 38.5 Å². The second kappa shape index (κ2) is 6.15. The molecule has 0 bridgehead atoms. The van der Waals surface area contributed by atoms with Crippen molar-refractivity contribution in [1.82, 2.24) is 4.90 Å². The molecule has 1 heterocycles. The zero-order chi connectivity index (χ0) is 13.9. The minimum absolute atomic E-state index is 0.461. The number of nitrogens with zero attached hydrogens (tertiary/aromatic N) is 1. The van der Waals surface area contributed by atoms with Gasteiger partial charge in [-0.25, -0.2) is 0 Å². The molecule has 0 spiro atoms. The highest BCUT2D eigenvalue weighted by atomic mass is 16.3. The summed E-state index contributed by atoms with van der Waals surface area (Å²) in [5.41, 5.74) is 7.57. The number of nitrogens with two attached hydrogens (primary N) is 1. The molecule has 1 aliphatic heterocycles. The SMILES string of the molecule is Nc1ccccc1C(O)CN1CCCC2CCCCC21. The first kappa shape index (κ1) is 13.9. The Balaban J connectivity index is 1.68. The van der Waals surface area contributed by atoms with E-state index in [-0.39, 0.29) is 0 Å². The van der Waals surface area contributed by atoms with Crippen molar-refractivity contribution in [2.45, 2.75) is 50.7 Å². The number of likely N-dealkylation sites (tertiary alicyclic amines) is 1. The minimum atomic E-state index is -0.461. The number of β-amino-alcohol motifs (C(OH)–C–C–N with tert-alkyl or cyclic N) is 1. The molecule has 0 amide bonds. The standard InChI is InChI=1S/C17H26N2O/c18-15-9-3-2-8-14(15)17(20)12-19-11-5-7-13-6-1-4-10-16(13)19/h2-3,8-9,13,16-17,20H,1,4-7,10-12,18H2. The van der Waals surface area contributed by atoms with Crippen molar-refractivity contribution in [2.24, 2.45) is 5.92 Å². The number of para-hydroxylation sites is 1. The van der Waals surface area contributed by atoms with Crippen LogP contribution >= 0.6 is 0 Å². The van der Waals surface area contributed by atoms with Crippen molar-refractivity contribution in [1.29, 1.82) is 0 Å². The zero-order valence-electron chi connectivity index (χ0n) is 12.2. The summed E-state index contributed by atoms with van der Waals surface area (Å²) in [6.45, 7) is 1.86. The van der Waals surface area contributed by atoms with Crippen LogP contribution in [0.1, 0.15) is 50.2 Å². The molecule has 1 aromatic carbocycles. The third-order valence-corrected chi connectivity index (χ3v) is 5.12. The number of anilines is 1. The summed E-state index contributed by atoms with van der Waals surface area (Å²) in [6.07, 6.45) is 7.62. The quantitative estimate of drug-likeness (QED) is 0.833. The number of hydrogen-bond acceptors (Lipinski definition) is 3. The van der Waals surface area contributed by atoms with E-state index in [9.17, 15) is 5.11 Å². The van der Waals surface area contributed by atoms with Gasteiger partial charge in [-0.3, -0.25) is 4.90 Å². The van der Waals surface area contributed by atoms with E-state index in [1.807, 2.05) is 24.3 Å². The van der Waals surface area contributed by atoms with E-state index in [0.29, 0.717) is 11.7 Å². The average molecular weight is 274 g/mol. The van der Waals surface area contributed by atoms with Gasteiger partial charge in [0.25, 0.3) is 0 Å². The lowest BCUT2D eigenvalue weighted by atomic mass is 9.78. The number of benzene rings is 1. The summed E-state index contributed by atoms with van der Waals surface area (Å²) in [4.78, 5) is 2.52. The molecular weight excluding hydrogens is 248 g/mol. The summed E-state index contributed by atoms with van der Waals surface area (Å²) >= 11 is 0. The molecule has 1 aliphatic carbocycles. The van der Waals surface area contributed by atoms with Crippen molar-refractivity contribution < 1.29 is 5.11 Å². The number of hydrogen-bond donors (Lipinski definition) is 2. The van der Waals surface area contributed by atoms with Gasteiger partial charge >= 0.3 is 0 Å². The van der Waals surface area contributed by atoms with Crippen LogP contribution in [0.25, 0.3) is 0 Å². The van der Waals surface area contributed by atoms with Crippen LogP contribution in [0.5, 0.6) is 0 Å². The van der Waals surface area contributed by atoms with Crippen LogP contribution in [0.4, 0.5) is 5.69 Å². The summed E-state index contributed by atoms with van der Waals surface area (Å²) in [7, 11) is 0. The first-order valence-corrected chi connectivity index (χ1v) is 8.02. The molecule has 1 saturated heterocycles. The van der Waals surface area contributed by atoms with Crippen LogP contribution < -0.4 is 5.73 Å². The van der Waals surface area contributed by atoms with Gasteiger partial charge in [-0.05, 0) is 44.2 Å². The van der Waals surface area contributed by atoms with E-state index in [2.05, 4.69) is 4.90 Å². The van der Waals surface area contributed by atoms with Crippen LogP contribution in [0.3, 0.4) is 0 Å². The second-order valence-electron chi connectivity index (χ2n) is 6.39. The lowest BCUT2D eigenvalue weighted by Gasteiger charge is -2.44. The maximum Gasteiger partial charge on any atom is 0.0936 e. The number of aliphatic hydroxyl groups is 1. The van der Waals surface area contributed by atoms with E-state index >= 15 is 0 Å². The summed E-state index contributed by atoms with van der Waals surface area (Å²) in [5, 5.41) is 10.5. The highest BCUT2D eigenvalue weighted by Crippen LogP contribution is 2.36. The molecule has 20 heavy (non-hydrogen) atoms. The Labute approximate surface area is 121 Å². The Morgan fingerprint density at radius 1 is 1.15 bits per heavy atom. The van der Waals surface area contributed by atoms with Crippen molar-refractivity contribution >= 4 is 5.69 Å². The number of piperidine rings is 1. The predicted molar refractivity (Wildman–Crippen MR) is 82.4 cm³/mol. The minimum Gasteiger partial charge on any atom is -0.398 e. The van der Waals surface area contributed by atoms with Gasteiger partial charge in [-0.1, -0.05) is 31.0 Å². The molecule has 3 atom stereocenters. The monoisotopic (exact) mass is 274 g/mol. The molecule has 0 radical (unpaired) electrons. The Kier molecular flexibility index (Phi) is 4.27. The highest BCUT2D eigenvalue weighted by molar-refractivity contribution is 5.47. The van der Waals surface area contributed by atoms with E-state index in [4.69, 9.17) is 5.73 Å². The maximum atomic E-state index is 10.5. The third kappa shape index (κ3) is 2.84. The molecule has 3 rings (SSSR count). The summed E-state index contributed by atoms with van der Waals surface area (Å²) in [6, 6.07) is 8.38. The largest absolute Gasteiger partial charge is 0.398 e. The molecule has 1 aromatic rings. The topological polar surface area (TPSA) is 49.5 Å². The second-order valence-corrected chi connectivity index (χ2v) is 6.39. The predicted octanol–water partition coefficient (Wildman–Crippen LogP) is 2.96. The van der Waals surface area contributed by atoms with Crippen LogP contribution in [0.2, 0.25) is 0 Å². The van der Waals surface area contributed by atoms with Crippen molar-refractivity contribution in [2.75, 3.05) is 18.8 Å². The molecule has 2 aliphatic rings. The molecule has 3 unspecified atom stereocenters. The van der Waals surface area contributed by atoms with E-state index in [0.717, 1.165) is 24.6 Å². The molecule has 3 heteroatoms. The molecular formula is C17H26N2O. The lowest BCUT2D eigenvalue weighted by Crippen LogP contribution is -2.48. The Hall–Kier alpha value is -1.06. The first-order chi connectivity index (χ1) is 9.75. The number of nitrogen functional groups attached to an aromatic ring is 1. The fraction of sp³-hybridized carbons (Fsp3) is 0.647. The fourth-order valence-corrected chi connectivity index (χ4v) is 4.09. The van der Waals surface area contributed by atoms with Gasteiger partial charge < -0.3 is 10.8 Å². The van der Waals surface area contributed by atoms with Gasteiger partial charge in [0.15, 0.2) is 0 Å². The van der Waals surface area contributed by atoms with E-state index < -0.39 is 6.10 Å². The van der Waals surface area contributed by atoms with Crippen LogP contribution in [0.15, 0.2) is 24.3 Å². The lowest BCUT2D eigenvalue weighted by molar-refractivity contribution is 0.0207. The number of aliphatic hydroxyl groups excluding tert-OH is 1. The molecule has 110 valence electrons. The maximum absolute atomic E-state index is 10.5. The van der Waals surface area contributed by atoms with Gasteiger partial charge in [0.2, 0.25) is 0 Å². The van der Waals surface area contributed by atoms with Gasteiger partial charge in [-0.2, -0.15) is 0 Å². The smallest absolute Gasteiger partial charge is 0.0936 e. The molecule has 0 aromatic heterocycles. The Bertz CT molecular complexity index is 446. The number of fused-ring (bicyclic) bond motifs is 1. The normalized spacial score (nSPS) is 28.9. The van der Waals surface area contributed by atoms with Crippen LogP contribution in [0, 0.1) is 5.92 Å². The first-order valence-electron chi connectivity index (χ1n) is 8.02. The van der Waals surface area contributed by atoms with Crippen molar-refractivity contribution in [3.05, 3.63) is 29.8 Å². The highest BCUT2D eigenvalue weighted by Gasteiger charge is 2.34.